The normalized spacial score (nSPS) is 23.1. The van der Waals surface area contributed by atoms with E-state index in [2.05, 4.69) is 42.5 Å². The average Bonchev–Trinajstić information content (AvgIpc) is 3.24. The Morgan fingerprint density at radius 2 is 1.40 bits per heavy atom. The third-order valence-corrected chi connectivity index (χ3v) is 11.3. The number of aromatic hydroxyl groups is 1. The molecule has 0 bridgehead atoms. The van der Waals surface area contributed by atoms with Crippen molar-refractivity contribution < 1.29 is 62.6 Å². The lowest BCUT2D eigenvalue weighted by atomic mass is 9.96. The lowest BCUT2D eigenvalue weighted by Crippen LogP contribution is -2.65. The van der Waals surface area contributed by atoms with Gasteiger partial charge in [-0.05, 0) is 55.2 Å². The van der Waals surface area contributed by atoms with Crippen LogP contribution in [0.4, 0.5) is 0 Å². The van der Waals surface area contributed by atoms with Gasteiger partial charge in [-0.3, -0.25) is 57.5 Å². The summed E-state index contributed by atoms with van der Waals surface area (Å²) in [4.78, 5) is 160. The highest BCUT2D eigenvalue weighted by Crippen LogP contribution is 2.21. The number of phenolic OH excluding ortho intramolecular Hbond substituents is 1. The molecule has 1 aromatic carbocycles. The molecule has 12 amide bonds. The topological polar surface area (TPSA) is 403 Å². The van der Waals surface area contributed by atoms with Crippen LogP contribution in [0.3, 0.4) is 0 Å². The monoisotopic (exact) mass is 956 g/mol. The summed E-state index contributed by atoms with van der Waals surface area (Å²) in [6.45, 7) is 5.74. The van der Waals surface area contributed by atoms with Crippen LogP contribution in [0.25, 0.3) is 0 Å². The van der Waals surface area contributed by atoms with Crippen LogP contribution in [0, 0.1) is 11.8 Å². The number of nitrogens with one attached hydrogen (secondary N) is 8. The molecule has 68 heavy (non-hydrogen) atoms. The van der Waals surface area contributed by atoms with Gasteiger partial charge in [-0.1, -0.05) is 46.2 Å². The van der Waals surface area contributed by atoms with Gasteiger partial charge < -0.3 is 69.7 Å². The Labute approximate surface area is 392 Å². The fourth-order valence-electron chi connectivity index (χ4n) is 7.24. The highest BCUT2D eigenvalue weighted by molar-refractivity contribution is 6.00. The molecule has 15 N–H and O–H groups in total. The number of primary amides is 3. The Morgan fingerprint density at radius 3 is 1.97 bits per heavy atom. The van der Waals surface area contributed by atoms with Crippen molar-refractivity contribution in [3.05, 3.63) is 29.8 Å². The smallest absolute Gasteiger partial charge is 0.245 e. The minimum absolute atomic E-state index is 0.0163. The number of rotatable bonds is 17. The zero-order valence-electron chi connectivity index (χ0n) is 38.5. The maximum absolute atomic E-state index is 14.2. The molecule has 0 radical (unpaired) electrons. The van der Waals surface area contributed by atoms with Gasteiger partial charge in [-0.15, -0.1) is 0 Å². The van der Waals surface area contributed by atoms with Crippen LogP contribution in [0.15, 0.2) is 24.3 Å². The SMILES string of the molecule is CC[C@H](C)[C@@H]1NC(=O)[C@H](Cc2ccc(O)cc2)NC(=O)CNC(=O)CC[C@@H](C(=O)N2CCC2C(=O)NC(CC(C)C)C(=O)NCC(N)=O)NC(=O)[C@H](CC(N)=O)NC(=O)[C@H](CCC(N)=O)NC1=O. The summed E-state index contributed by atoms with van der Waals surface area (Å²) < 4.78 is 0. The van der Waals surface area contributed by atoms with E-state index >= 15 is 0 Å². The summed E-state index contributed by atoms with van der Waals surface area (Å²) in [5, 5.41) is 29.6. The highest BCUT2D eigenvalue weighted by Gasteiger charge is 2.43. The van der Waals surface area contributed by atoms with E-state index in [-0.39, 0.29) is 37.5 Å². The maximum atomic E-state index is 14.2. The number of hydrogen-bond donors (Lipinski definition) is 12. The second-order valence-corrected chi connectivity index (χ2v) is 17.2. The second kappa shape index (κ2) is 26.1. The minimum Gasteiger partial charge on any atom is -0.508 e. The van der Waals surface area contributed by atoms with Gasteiger partial charge in [0.15, 0.2) is 0 Å². The molecule has 25 nitrogen and oxygen atoms in total. The summed E-state index contributed by atoms with van der Waals surface area (Å²) in [7, 11) is 0. The molecule has 2 unspecified atom stereocenters. The number of phenols is 1. The molecule has 2 saturated heterocycles. The second-order valence-electron chi connectivity index (χ2n) is 17.2. The largest absolute Gasteiger partial charge is 0.508 e. The molecule has 0 spiro atoms. The van der Waals surface area contributed by atoms with E-state index in [9.17, 15) is 62.6 Å². The summed E-state index contributed by atoms with van der Waals surface area (Å²) in [5.41, 5.74) is 16.5. The van der Waals surface area contributed by atoms with E-state index in [1.165, 1.54) is 24.3 Å². The van der Waals surface area contributed by atoms with E-state index in [4.69, 9.17) is 17.2 Å². The van der Waals surface area contributed by atoms with Gasteiger partial charge in [0.25, 0.3) is 0 Å². The van der Waals surface area contributed by atoms with Crippen molar-refractivity contribution >= 4 is 70.9 Å². The Hall–Kier alpha value is -7.34. The Balaban J connectivity index is 2.03. The van der Waals surface area contributed by atoms with Gasteiger partial charge in [0.05, 0.1) is 19.5 Å². The summed E-state index contributed by atoms with van der Waals surface area (Å²) in [6.07, 6.45) is -2.27. The van der Waals surface area contributed by atoms with Crippen molar-refractivity contribution in [1.82, 2.24) is 47.4 Å². The predicted molar refractivity (Wildman–Crippen MR) is 239 cm³/mol. The average molecular weight is 957 g/mol. The number of carbonyl (C=O) groups excluding carboxylic acids is 12. The predicted octanol–water partition coefficient (Wildman–Crippen LogP) is -4.81. The zero-order valence-corrected chi connectivity index (χ0v) is 38.5. The van der Waals surface area contributed by atoms with Gasteiger partial charge in [-0.25, -0.2) is 0 Å². The third-order valence-electron chi connectivity index (χ3n) is 11.3. The molecule has 0 aromatic heterocycles. The Morgan fingerprint density at radius 1 is 0.765 bits per heavy atom. The number of nitrogens with two attached hydrogens (primary N) is 3. The first-order chi connectivity index (χ1) is 32.0. The van der Waals surface area contributed by atoms with Gasteiger partial charge in [0.1, 0.15) is 48.0 Å². The molecular weight excluding hydrogens is 893 g/mol. The molecule has 8 atom stereocenters. The summed E-state index contributed by atoms with van der Waals surface area (Å²) in [6, 6.07) is -4.34. The molecule has 0 saturated carbocycles. The van der Waals surface area contributed by atoms with Crippen molar-refractivity contribution in [3.63, 3.8) is 0 Å². The first-order valence-electron chi connectivity index (χ1n) is 22.3. The van der Waals surface area contributed by atoms with Crippen molar-refractivity contribution in [1.29, 1.82) is 0 Å². The van der Waals surface area contributed by atoms with E-state index < -0.39 is 164 Å². The molecule has 2 fully saturated rings. The van der Waals surface area contributed by atoms with E-state index in [0.717, 1.165) is 4.90 Å². The molecule has 3 rings (SSSR count). The highest BCUT2D eigenvalue weighted by atomic mass is 16.3. The van der Waals surface area contributed by atoms with Gasteiger partial charge in [-0.2, -0.15) is 0 Å². The standard InChI is InChI=1S/C43H64N12O13/c1-5-22(4)36-42(67)50-25(10-12-31(44)57)38(63)52-29(18-32(45)58)39(64)51-26(43(68)55-15-14-30(55)41(66)53-27(16-21(2)3)37(62)48-19-33(46)59)11-13-34(60)47-20-35(61)49-28(40(65)54-36)17-23-6-8-24(56)9-7-23/h6-9,21-22,25-30,36,56H,5,10-20H2,1-4H3,(H2,44,57)(H2,45,58)(H2,46,59)(H,47,60)(H,48,62)(H,49,61)(H,50,67)(H,51,64)(H,52,63)(H,53,66)(H,54,65)/t22-,25-,26-,27?,28-,29-,30?,36-/m0/s1. The van der Waals surface area contributed by atoms with Gasteiger partial charge in [0.2, 0.25) is 70.9 Å². The summed E-state index contributed by atoms with van der Waals surface area (Å²) in [5.74, 6) is -11.5. The number of likely N-dealkylation sites (tertiary alicyclic amines) is 1. The molecule has 2 aliphatic rings. The maximum Gasteiger partial charge on any atom is 0.245 e. The number of nitrogens with zero attached hydrogens (tertiary/aromatic N) is 1. The van der Waals surface area contributed by atoms with Crippen molar-refractivity contribution in [2.75, 3.05) is 19.6 Å². The zero-order chi connectivity index (χ0) is 50.8. The Bertz CT molecular complexity index is 2070. The molecule has 0 aliphatic carbocycles. The van der Waals surface area contributed by atoms with Crippen LogP contribution < -0.4 is 59.7 Å². The fourth-order valence-corrected chi connectivity index (χ4v) is 7.24. The number of hydrogen-bond acceptors (Lipinski definition) is 13. The molecule has 374 valence electrons. The lowest BCUT2D eigenvalue weighted by molar-refractivity contribution is -0.151. The number of amides is 12. The molecule has 25 heteroatoms. The number of carbonyl (C=O) groups is 12. The van der Waals surface area contributed by atoms with Crippen LogP contribution >= 0.6 is 0 Å². The molecule has 2 heterocycles. The van der Waals surface area contributed by atoms with E-state index in [1.807, 2.05) is 0 Å². The van der Waals surface area contributed by atoms with Gasteiger partial charge >= 0.3 is 0 Å². The first kappa shape index (κ1) is 55.0. The van der Waals surface area contributed by atoms with Crippen molar-refractivity contribution in [2.24, 2.45) is 29.0 Å². The quantitative estimate of drug-likeness (QED) is 0.0699. The van der Waals surface area contributed by atoms with Gasteiger partial charge in [0, 0.05) is 25.8 Å². The molecule has 1 aromatic rings. The first-order valence-corrected chi connectivity index (χ1v) is 22.3. The summed E-state index contributed by atoms with van der Waals surface area (Å²) >= 11 is 0. The molecular formula is C43H64N12O13. The van der Waals surface area contributed by atoms with E-state index in [1.54, 1.807) is 27.7 Å². The van der Waals surface area contributed by atoms with E-state index in [0.29, 0.717) is 12.0 Å². The van der Waals surface area contributed by atoms with Crippen LogP contribution in [0.2, 0.25) is 0 Å². The third kappa shape index (κ3) is 17.5. The van der Waals surface area contributed by atoms with Crippen molar-refractivity contribution in [3.8, 4) is 5.75 Å². The van der Waals surface area contributed by atoms with Crippen LogP contribution in [0.5, 0.6) is 5.75 Å². The Kier molecular flexibility index (Phi) is 21.1. The van der Waals surface area contributed by atoms with Crippen molar-refractivity contribution in [2.45, 2.75) is 128 Å². The lowest BCUT2D eigenvalue weighted by Gasteiger charge is -2.42. The van der Waals surface area contributed by atoms with Crippen LogP contribution in [-0.2, 0) is 64.0 Å². The fraction of sp³-hybridized carbons (Fsp3) is 0.581. The van der Waals surface area contributed by atoms with Crippen LogP contribution in [-0.4, -0.2) is 143 Å². The molecule has 2 aliphatic heterocycles. The minimum atomic E-state index is -1.82. The number of benzene rings is 1. The van der Waals surface area contributed by atoms with Crippen LogP contribution in [0.1, 0.15) is 84.6 Å².